The van der Waals surface area contributed by atoms with Gasteiger partial charge in [0.15, 0.2) is 6.10 Å². The molecule has 3 aliphatic carbocycles. The highest BCUT2D eigenvalue weighted by atomic mass is 32.2. The maximum absolute atomic E-state index is 13.4. The fourth-order valence-corrected chi connectivity index (χ4v) is 7.92. The van der Waals surface area contributed by atoms with Gasteiger partial charge < -0.3 is 14.6 Å². The summed E-state index contributed by atoms with van der Waals surface area (Å²) in [6.45, 7) is 2.54. The van der Waals surface area contributed by atoms with Gasteiger partial charge in [0.1, 0.15) is 5.75 Å². The summed E-state index contributed by atoms with van der Waals surface area (Å²) in [7, 11) is -3.60. The summed E-state index contributed by atoms with van der Waals surface area (Å²) in [5.74, 6) is 0.377. The average Bonchev–Trinajstić information content (AvgIpc) is 3.83. The Morgan fingerprint density at radius 2 is 1.85 bits per heavy atom. The van der Waals surface area contributed by atoms with Crippen LogP contribution in [-0.4, -0.2) is 38.0 Å². The number of rotatable bonds is 10. The van der Waals surface area contributed by atoms with Gasteiger partial charge in [-0.05, 0) is 116 Å². The molecule has 2 N–H and O–H groups in total. The zero-order chi connectivity index (χ0) is 27.1. The van der Waals surface area contributed by atoms with Crippen LogP contribution in [0.4, 0.5) is 5.69 Å². The molecule has 3 fully saturated rings. The minimum Gasteiger partial charge on any atom is -0.493 e. The number of anilines is 1. The number of aliphatic carboxylic acids is 1. The van der Waals surface area contributed by atoms with Gasteiger partial charge in [0.2, 0.25) is 10.0 Å². The van der Waals surface area contributed by atoms with E-state index in [0.717, 1.165) is 92.2 Å². The zero-order valence-electron chi connectivity index (χ0n) is 22.7. The van der Waals surface area contributed by atoms with Gasteiger partial charge in [-0.25, -0.2) is 13.2 Å². The molecule has 8 heteroatoms. The summed E-state index contributed by atoms with van der Waals surface area (Å²) in [6.07, 6.45) is 9.51. The highest BCUT2D eigenvalue weighted by Gasteiger charge is 2.38. The molecule has 39 heavy (non-hydrogen) atoms. The van der Waals surface area contributed by atoms with E-state index in [4.69, 9.17) is 9.47 Å². The number of aryl methyl sites for hydroxylation is 1. The maximum Gasteiger partial charge on any atom is 0.337 e. The smallest absolute Gasteiger partial charge is 0.337 e. The van der Waals surface area contributed by atoms with Crippen molar-refractivity contribution in [2.24, 2.45) is 5.92 Å². The van der Waals surface area contributed by atoms with Crippen LogP contribution in [0.15, 0.2) is 24.3 Å². The third-order valence-electron chi connectivity index (χ3n) is 8.66. The molecule has 1 atom stereocenters. The van der Waals surface area contributed by atoms with Crippen LogP contribution in [0.2, 0.25) is 0 Å². The molecular weight excluding hydrogens is 514 g/mol. The highest BCUT2D eigenvalue weighted by Crippen LogP contribution is 2.51. The third kappa shape index (κ3) is 5.97. The normalized spacial score (nSPS) is 20.6. The largest absolute Gasteiger partial charge is 0.493 e. The number of nitrogens with one attached hydrogen (secondary N) is 1. The van der Waals surface area contributed by atoms with Crippen molar-refractivity contribution in [1.82, 2.24) is 0 Å². The first kappa shape index (κ1) is 26.6. The first-order chi connectivity index (χ1) is 18.8. The Bertz CT molecular complexity index is 1360. The SMILES string of the molecule is Cc1c(NS(=O)(=O)CC2CCCCC2)cc(C2CC2)c(-c2ccc3c(c2)CCCO3)c1C(OC1CC1)C(=O)O. The molecule has 1 heterocycles. The van der Waals surface area contributed by atoms with Crippen molar-refractivity contribution in [3.05, 3.63) is 46.5 Å². The number of ether oxygens (including phenoxy) is 2. The van der Waals surface area contributed by atoms with Crippen molar-refractivity contribution < 1.29 is 27.8 Å². The topological polar surface area (TPSA) is 102 Å². The van der Waals surface area contributed by atoms with E-state index in [-0.39, 0.29) is 23.7 Å². The summed E-state index contributed by atoms with van der Waals surface area (Å²) in [5, 5.41) is 10.4. The number of hydrogen-bond donors (Lipinski definition) is 2. The number of sulfonamides is 1. The van der Waals surface area contributed by atoms with Crippen molar-refractivity contribution in [2.75, 3.05) is 17.1 Å². The van der Waals surface area contributed by atoms with Gasteiger partial charge in [-0.1, -0.05) is 25.3 Å². The molecule has 0 saturated heterocycles. The quantitative estimate of drug-likeness (QED) is 0.349. The van der Waals surface area contributed by atoms with Gasteiger partial charge in [-0.2, -0.15) is 0 Å². The Labute approximate surface area is 231 Å². The fourth-order valence-electron chi connectivity index (χ4n) is 6.33. The first-order valence-electron chi connectivity index (χ1n) is 14.6. The summed E-state index contributed by atoms with van der Waals surface area (Å²) in [6, 6.07) is 8.09. The average molecular weight is 554 g/mol. The monoisotopic (exact) mass is 553 g/mol. The van der Waals surface area contributed by atoms with Crippen LogP contribution in [0.3, 0.4) is 0 Å². The van der Waals surface area contributed by atoms with Crippen LogP contribution in [-0.2, 0) is 26.0 Å². The van der Waals surface area contributed by atoms with E-state index in [1.54, 1.807) is 0 Å². The second-order valence-corrected chi connectivity index (χ2v) is 13.7. The number of carboxylic acid groups (broad SMARTS) is 1. The van der Waals surface area contributed by atoms with Gasteiger partial charge in [-0.3, -0.25) is 4.72 Å². The molecule has 0 radical (unpaired) electrons. The molecule has 6 rings (SSSR count). The van der Waals surface area contributed by atoms with Crippen molar-refractivity contribution in [1.29, 1.82) is 0 Å². The van der Waals surface area contributed by atoms with E-state index in [1.807, 2.05) is 25.1 Å². The van der Waals surface area contributed by atoms with Gasteiger partial charge in [-0.15, -0.1) is 0 Å². The molecule has 3 saturated carbocycles. The third-order valence-corrected chi connectivity index (χ3v) is 10.1. The Kier molecular flexibility index (Phi) is 7.35. The Morgan fingerprint density at radius 1 is 1.08 bits per heavy atom. The molecule has 2 aromatic carbocycles. The molecule has 210 valence electrons. The number of carboxylic acids is 1. The van der Waals surface area contributed by atoms with Crippen LogP contribution >= 0.6 is 0 Å². The zero-order valence-corrected chi connectivity index (χ0v) is 23.5. The lowest BCUT2D eigenvalue weighted by atomic mass is 9.84. The fraction of sp³-hybridized carbons (Fsp3) is 0.581. The lowest BCUT2D eigenvalue weighted by Crippen LogP contribution is -2.25. The number of hydrogen-bond acceptors (Lipinski definition) is 5. The summed E-state index contributed by atoms with van der Waals surface area (Å²) in [4.78, 5) is 12.7. The first-order valence-corrected chi connectivity index (χ1v) is 16.3. The van der Waals surface area contributed by atoms with E-state index in [0.29, 0.717) is 23.4 Å². The predicted molar refractivity (Wildman–Crippen MR) is 151 cm³/mol. The summed E-state index contributed by atoms with van der Waals surface area (Å²) in [5.41, 5.74) is 5.64. The Hall–Kier alpha value is -2.58. The van der Waals surface area contributed by atoms with Gasteiger partial charge in [0.25, 0.3) is 0 Å². The Balaban J connectivity index is 1.47. The van der Waals surface area contributed by atoms with Gasteiger partial charge >= 0.3 is 5.97 Å². The standard InChI is InChI=1S/C31H39NO6S/c1-19-26(32-39(35,36)18-20-6-3-2-4-7-20)17-25(21-9-10-21)29(28(19)30(31(33)34)38-24-12-13-24)23-11-14-27-22(16-23)8-5-15-37-27/h11,14,16-17,20-21,24,30,32H,2-10,12-13,15,18H2,1H3,(H,33,34). The van der Waals surface area contributed by atoms with E-state index >= 15 is 0 Å². The van der Waals surface area contributed by atoms with Crippen molar-refractivity contribution in [3.8, 4) is 16.9 Å². The molecule has 0 spiro atoms. The van der Waals surface area contributed by atoms with Gasteiger partial charge in [0, 0.05) is 5.56 Å². The molecular formula is C31H39NO6S. The second-order valence-electron chi connectivity index (χ2n) is 11.9. The van der Waals surface area contributed by atoms with Crippen LogP contribution in [0.25, 0.3) is 11.1 Å². The molecule has 0 aromatic heterocycles. The second kappa shape index (κ2) is 10.8. The van der Waals surface area contributed by atoms with Crippen molar-refractivity contribution in [2.45, 2.75) is 95.7 Å². The maximum atomic E-state index is 13.4. The van der Waals surface area contributed by atoms with Crippen LogP contribution in [0.5, 0.6) is 5.75 Å². The number of benzene rings is 2. The molecule has 1 unspecified atom stereocenters. The molecule has 0 bridgehead atoms. The molecule has 1 aliphatic heterocycles. The van der Waals surface area contributed by atoms with E-state index in [9.17, 15) is 18.3 Å². The van der Waals surface area contributed by atoms with E-state index < -0.39 is 22.1 Å². The lowest BCUT2D eigenvalue weighted by Gasteiger charge is -2.27. The molecule has 2 aromatic rings. The molecule has 0 amide bonds. The van der Waals surface area contributed by atoms with Crippen molar-refractivity contribution in [3.63, 3.8) is 0 Å². The van der Waals surface area contributed by atoms with Crippen LogP contribution in [0.1, 0.15) is 98.5 Å². The minimum atomic E-state index is -3.60. The summed E-state index contributed by atoms with van der Waals surface area (Å²) < 4.78 is 41.6. The van der Waals surface area contributed by atoms with Crippen LogP contribution < -0.4 is 9.46 Å². The number of carbonyl (C=O) groups is 1. The van der Waals surface area contributed by atoms with Gasteiger partial charge in [0.05, 0.1) is 24.2 Å². The van der Waals surface area contributed by atoms with Crippen molar-refractivity contribution >= 4 is 21.7 Å². The molecule has 4 aliphatic rings. The summed E-state index contributed by atoms with van der Waals surface area (Å²) >= 11 is 0. The number of fused-ring (bicyclic) bond motifs is 1. The Morgan fingerprint density at radius 3 is 2.54 bits per heavy atom. The van der Waals surface area contributed by atoms with E-state index in [1.165, 1.54) is 6.42 Å². The predicted octanol–water partition coefficient (Wildman–Crippen LogP) is 6.49. The highest BCUT2D eigenvalue weighted by molar-refractivity contribution is 7.92. The molecule has 7 nitrogen and oxygen atoms in total. The lowest BCUT2D eigenvalue weighted by molar-refractivity contribution is -0.151. The van der Waals surface area contributed by atoms with Crippen LogP contribution in [0, 0.1) is 12.8 Å². The van der Waals surface area contributed by atoms with E-state index in [2.05, 4.69) is 10.8 Å². The minimum absolute atomic E-state index is 0.0775.